The Balaban J connectivity index is 1.60. The highest BCUT2D eigenvalue weighted by molar-refractivity contribution is 8.00. The quantitative estimate of drug-likeness (QED) is 0.553. The molecule has 0 aliphatic heterocycles. The third kappa shape index (κ3) is 5.11. The van der Waals surface area contributed by atoms with Gasteiger partial charge in [0.25, 0.3) is 0 Å². The first-order valence-electron chi connectivity index (χ1n) is 8.49. The van der Waals surface area contributed by atoms with E-state index in [1.165, 1.54) is 17.3 Å². The number of carbonyl (C=O) groups is 1. The summed E-state index contributed by atoms with van der Waals surface area (Å²) in [6.07, 6.45) is 0. The molecule has 0 bridgehead atoms. The van der Waals surface area contributed by atoms with Gasteiger partial charge in [0.15, 0.2) is 0 Å². The number of hydrogen-bond acceptors (Lipinski definition) is 5. The molecule has 5 nitrogen and oxygen atoms in total. The van der Waals surface area contributed by atoms with Crippen LogP contribution in [0, 0.1) is 6.92 Å². The fraction of sp³-hybridized carbons (Fsp3) is 0.250. The molecule has 0 saturated heterocycles. The van der Waals surface area contributed by atoms with Crippen molar-refractivity contribution < 1.29 is 9.32 Å². The molecule has 27 heavy (non-hydrogen) atoms. The SMILES string of the molecule is Cc1ccc(SC(C)C(=O)N(C)Cc2nc(-c3ccc(Cl)cc3)no2)cc1. The number of benzene rings is 2. The van der Waals surface area contributed by atoms with Crippen LogP contribution >= 0.6 is 23.4 Å². The summed E-state index contributed by atoms with van der Waals surface area (Å²) in [6, 6.07) is 15.3. The molecule has 2 aromatic carbocycles. The topological polar surface area (TPSA) is 59.2 Å². The molecule has 7 heteroatoms. The van der Waals surface area contributed by atoms with E-state index >= 15 is 0 Å². The minimum absolute atomic E-state index is 0.00631. The second-order valence-corrected chi connectivity index (χ2v) is 8.14. The van der Waals surface area contributed by atoms with Gasteiger partial charge >= 0.3 is 0 Å². The van der Waals surface area contributed by atoms with Crippen molar-refractivity contribution in [1.29, 1.82) is 0 Å². The first kappa shape index (κ1) is 19.5. The molecule has 1 atom stereocenters. The Morgan fingerprint density at radius 2 is 1.85 bits per heavy atom. The van der Waals surface area contributed by atoms with Gasteiger partial charge < -0.3 is 9.42 Å². The smallest absolute Gasteiger partial charge is 0.246 e. The molecular formula is C20H20ClN3O2S. The minimum atomic E-state index is -0.212. The average Bonchev–Trinajstić information content (AvgIpc) is 3.12. The third-order valence-electron chi connectivity index (χ3n) is 4.00. The molecule has 1 heterocycles. The van der Waals surface area contributed by atoms with Crippen molar-refractivity contribution in [3.8, 4) is 11.4 Å². The highest BCUT2D eigenvalue weighted by Gasteiger charge is 2.21. The van der Waals surface area contributed by atoms with Crippen LogP contribution in [-0.2, 0) is 11.3 Å². The third-order valence-corrected chi connectivity index (χ3v) is 5.35. The first-order valence-corrected chi connectivity index (χ1v) is 9.75. The lowest BCUT2D eigenvalue weighted by Gasteiger charge is -2.19. The normalized spacial score (nSPS) is 12.0. The van der Waals surface area contributed by atoms with Crippen LogP contribution in [0.5, 0.6) is 0 Å². The predicted molar refractivity (Wildman–Crippen MR) is 108 cm³/mol. The van der Waals surface area contributed by atoms with Gasteiger partial charge in [-0.25, -0.2) is 0 Å². The molecule has 3 rings (SSSR count). The molecule has 0 saturated carbocycles. The second kappa shape index (κ2) is 8.59. The van der Waals surface area contributed by atoms with Crippen LogP contribution in [0.4, 0.5) is 0 Å². The van der Waals surface area contributed by atoms with Gasteiger partial charge in [0.1, 0.15) is 0 Å². The molecule has 0 aliphatic carbocycles. The van der Waals surface area contributed by atoms with Gasteiger partial charge in [0, 0.05) is 22.5 Å². The minimum Gasteiger partial charge on any atom is -0.337 e. The molecule has 0 aliphatic rings. The summed E-state index contributed by atoms with van der Waals surface area (Å²) < 4.78 is 5.29. The maximum absolute atomic E-state index is 12.6. The molecule has 0 N–H and O–H groups in total. The van der Waals surface area contributed by atoms with Crippen molar-refractivity contribution in [1.82, 2.24) is 15.0 Å². The summed E-state index contributed by atoms with van der Waals surface area (Å²) >= 11 is 7.43. The van der Waals surface area contributed by atoms with Crippen LogP contribution < -0.4 is 0 Å². The average molecular weight is 402 g/mol. The molecule has 0 radical (unpaired) electrons. The van der Waals surface area contributed by atoms with E-state index in [1.807, 2.05) is 50.2 Å². The molecule has 1 amide bonds. The van der Waals surface area contributed by atoms with Gasteiger partial charge in [-0.15, -0.1) is 11.8 Å². The summed E-state index contributed by atoms with van der Waals surface area (Å²) in [6.45, 7) is 4.20. The number of carbonyl (C=O) groups excluding carboxylic acids is 1. The Bertz CT molecular complexity index is 910. The maximum Gasteiger partial charge on any atom is 0.246 e. The number of nitrogens with zero attached hydrogens (tertiary/aromatic N) is 3. The van der Waals surface area contributed by atoms with Gasteiger partial charge in [-0.05, 0) is 50.2 Å². The fourth-order valence-electron chi connectivity index (χ4n) is 2.50. The van der Waals surface area contributed by atoms with Gasteiger partial charge in [0.05, 0.1) is 11.8 Å². The van der Waals surface area contributed by atoms with Crippen molar-refractivity contribution >= 4 is 29.3 Å². The molecule has 140 valence electrons. The van der Waals surface area contributed by atoms with E-state index in [-0.39, 0.29) is 17.7 Å². The van der Waals surface area contributed by atoms with Crippen molar-refractivity contribution in [2.45, 2.75) is 30.5 Å². The van der Waals surface area contributed by atoms with Crippen molar-refractivity contribution in [3.05, 3.63) is 65.0 Å². The Kier molecular flexibility index (Phi) is 6.19. The van der Waals surface area contributed by atoms with Gasteiger partial charge in [-0.2, -0.15) is 4.98 Å². The van der Waals surface area contributed by atoms with E-state index in [4.69, 9.17) is 16.1 Å². The lowest BCUT2D eigenvalue weighted by Crippen LogP contribution is -2.32. The van der Waals surface area contributed by atoms with E-state index in [0.717, 1.165) is 10.5 Å². The van der Waals surface area contributed by atoms with E-state index in [2.05, 4.69) is 10.1 Å². The zero-order chi connectivity index (χ0) is 19.4. The van der Waals surface area contributed by atoms with Crippen molar-refractivity contribution in [3.63, 3.8) is 0 Å². The number of aromatic nitrogens is 2. The van der Waals surface area contributed by atoms with Crippen molar-refractivity contribution in [2.24, 2.45) is 0 Å². The van der Waals surface area contributed by atoms with E-state index < -0.39 is 0 Å². The molecular weight excluding hydrogens is 382 g/mol. The van der Waals surface area contributed by atoms with Crippen LogP contribution in [-0.4, -0.2) is 33.2 Å². The van der Waals surface area contributed by atoms with E-state index in [9.17, 15) is 4.79 Å². The standard InChI is InChI=1S/C20H20ClN3O2S/c1-13-4-10-17(11-5-13)27-14(2)20(25)24(3)12-18-22-19(23-26-18)15-6-8-16(21)9-7-15/h4-11,14H,12H2,1-3H3. The maximum atomic E-state index is 12.6. The molecule has 1 aromatic heterocycles. The van der Waals surface area contributed by atoms with Crippen LogP contribution in [0.25, 0.3) is 11.4 Å². The summed E-state index contributed by atoms with van der Waals surface area (Å²) in [5.41, 5.74) is 2.01. The van der Waals surface area contributed by atoms with Crippen LogP contribution in [0.15, 0.2) is 57.9 Å². The Hall–Kier alpha value is -2.31. The summed E-state index contributed by atoms with van der Waals surface area (Å²) in [4.78, 5) is 19.7. The zero-order valence-corrected chi connectivity index (χ0v) is 16.9. The summed E-state index contributed by atoms with van der Waals surface area (Å²) in [5, 5.41) is 4.41. The fourth-order valence-corrected chi connectivity index (χ4v) is 3.61. The summed E-state index contributed by atoms with van der Waals surface area (Å²) in [5.74, 6) is 0.875. The Morgan fingerprint density at radius 3 is 2.52 bits per heavy atom. The van der Waals surface area contributed by atoms with Gasteiger partial charge in [0.2, 0.25) is 17.6 Å². The second-order valence-electron chi connectivity index (χ2n) is 6.29. The zero-order valence-electron chi connectivity index (χ0n) is 15.3. The number of hydrogen-bond donors (Lipinski definition) is 0. The predicted octanol–water partition coefficient (Wildman–Crippen LogP) is 4.84. The monoisotopic (exact) mass is 401 g/mol. The highest BCUT2D eigenvalue weighted by atomic mass is 35.5. The van der Waals surface area contributed by atoms with Crippen molar-refractivity contribution in [2.75, 3.05) is 7.05 Å². The number of amides is 1. The lowest BCUT2D eigenvalue weighted by molar-refractivity contribution is -0.129. The highest BCUT2D eigenvalue weighted by Crippen LogP contribution is 2.25. The van der Waals surface area contributed by atoms with Crippen LogP contribution in [0.1, 0.15) is 18.4 Å². The van der Waals surface area contributed by atoms with Gasteiger partial charge in [-0.3, -0.25) is 4.79 Å². The largest absolute Gasteiger partial charge is 0.337 e. The number of halogens is 1. The van der Waals surface area contributed by atoms with Gasteiger partial charge in [-0.1, -0.05) is 34.5 Å². The number of thioether (sulfide) groups is 1. The van der Waals surface area contributed by atoms with E-state index in [0.29, 0.717) is 16.7 Å². The number of rotatable bonds is 6. The summed E-state index contributed by atoms with van der Waals surface area (Å²) in [7, 11) is 1.74. The van der Waals surface area contributed by atoms with Crippen LogP contribution in [0.2, 0.25) is 5.02 Å². The molecule has 0 spiro atoms. The first-order chi connectivity index (χ1) is 12.9. The molecule has 0 fully saturated rings. The lowest BCUT2D eigenvalue weighted by atomic mass is 10.2. The van der Waals surface area contributed by atoms with E-state index in [1.54, 1.807) is 24.1 Å². The van der Waals surface area contributed by atoms with Crippen LogP contribution in [0.3, 0.4) is 0 Å². The number of aryl methyl sites for hydroxylation is 1. The Labute approximate surface area is 167 Å². The molecule has 1 unspecified atom stereocenters. The molecule has 3 aromatic rings. The Morgan fingerprint density at radius 1 is 1.19 bits per heavy atom.